The Morgan fingerprint density at radius 3 is 2.94 bits per heavy atom. The van der Waals surface area contributed by atoms with Crippen LogP contribution in [0.5, 0.6) is 5.75 Å². The highest BCUT2D eigenvalue weighted by Gasteiger charge is 2.24. The Kier molecular flexibility index (Phi) is 3.87. The van der Waals surface area contributed by atoms with E-state index < -0.39 is 0 Å². The van der Waals surface area contributed by atoms with Crippen LogP contribution in [0.3, 0.4) is 0 Å². The monoisotopic (exact) mass is 311 g/mol. The van der Waals surface area contributed by atoms with Gasteiger partial charge in [-0.1, -0.05) is 15.9 Å². The first-order valence-electron chi connectivity index (χ1n) is 6.57. The second-order valence-electron chi connectivity index (χ2n) is 4.99. The SMILES string of the molecule is Brc1ccc2c(c1)CC(CNC1CCOCC1)O2. The maximum Gasteiger partial charge on any atom is 0.123 e. The zero-order valence-electron chi connectivity index (χ0n) is 10.3. The maximum absolute atomic E-state index is 5.94. The van der Waals surface area contributed by atoms with Gasteiger partial charge in [-0.15, -0.1) is 0 Å². The Morgan fingerprint density at radius 1 is 1.28 bits per heavy atom. The van der Waals surface area contributed by atoms with Crippen LogP contribution in [0, 0.1) is 0 Å². The molecule has 0 aromatic heterocycles. The molecule has 3 nitrogen and oxygen atoms in total. The van der Waals surface area contributed by atoms with Crippen molar-refractivity contribution in [3.63, 3.8) is 0 Å². The summed E-state index contributed by atoms with van der Waals surface area (Å²) in [4.78, 5) is 0. The summed E-state index contributed by atoms with van der Waals surface area (Å²) in [6.07, 6.45) is 3.51. The molecule has 0 radical (unpaired) electrons. The van der Waals surface area contributed by atoms with Gasteiger partial charge in [0.25, 0.3) is 0 Å². The Labute approximate surface area is 116 Å². The van der Waals surface area contributed by atoms with Crippen LogP contribution in [0.25, 0.3) is 0 Å². The minimum absolute atomic E-state index is 0.275. The molecule has 2 aliphatic rings. The summed E-state index contributed by atoms with van der Waals surface area (Å²) < 4.78 is 12.4. The molecule has 0 spiro atoms. The first-order valence-corrected chi connectivity index (χ1v) is 7.37. The lowest BCUT2D eigenvalue weighted by molar-refractivity contribution is 0.0748. The summed E-state index contributed by atoms with van der Waals surface area (Å²) >= 11 is 3.50. The molecule has 1 fully saturated rings. The van der Waals surface area contributed by atoms with Crippen LogP contribution in [0.4, 0.5) is 0 Å². The van der Waals surface area contributed by atoms with Gasteiger partial charge in [0.1, 0.15) is 11.9 Å². The number of rotatable bonds is 3. The molecule has 1 saturated heterocycles. The molecule has 1 aromatic carbocycles. The summed E-state index contributed by atoms with van der Waals surface area (Å²) in [5, 5.41) is 3.60. The normalized spacial score (nSPS) is 23.7. The average molecular weight is 312 g/mol. The summed E-state index contributed by atoms with van der Waals surface area (Å²) in [5.74, 6) is 1.04. The Morgan fingerprint density at radius 2 is 2.11 bits per heavy atom. The molecule has 2 heterocycles. The molecule has 0 bridgehead atoms. The van der Waals surface area contributed by atoms with Gasteiger partial charge in [-0.3, -0.25) is 0 Å². The van der Waals surface area contributed by atoms with E-state index in [2.05, 4.69) is 27.3 Å². The largest absolute Gasteiger partial charge is 0.488 e. The second-order valence-corrected chi connectivity index (χ2v) is 5.91. The Bertz CT molecular complexity index is 418. The molecule has 1 N–H and O–H groups in total. The van der Waals surface area contributed by atoms with Gasteiger partial charge in [-0.05, 0) is 36.6 Å². The van der Waals surface area contributed by atoms with E-state index in [-0.39, 0.29) is 6.10 Å². The third-order valence-electron chi connectivity index (χ3n) is 3.62. The van der Waals surface area contributed by atoms with Crippen LogP contribution < -0.4 is 10.1 Å². The highest BCUT2D eigenvalue weighted by atomic mass is 79.9. The van der Waals surface area contributed by atoms with E-state index in [1.54, 1.807) is 0 Å². The molecule has 0 aliphatic carbocycles. The number of ether oxygens (including phenoxy) is 2. The molecule has 98 valence electrons. The number of halogens is 1. The lowest BCUT2D eigenvalue weighted by Crippen LogP contribution is -2.40. The standard InChI is InChI=1S/C14H18BrNO2/c15-11-1-2-14-10(7-11)8-13(18-14)9-16-12-3-5-17-6-4-12/h1-2,7,12-13,16H,3-6,8-9H2. The highest BCUT2D eigenvalue weighted by molar-refractivity contribution is 9.10. The van der Waals surface area contributed by atoms with Gasteiger partial charge in [0.05, 0.1) is 0 Å². The van der Waals surface area contributed by atoms with Crippen LogP contribution in [0.1, 0.15) is 18.4 Å². The van der Waals surface area contributed by atoms with Crippen molar-refractivity contribution >= 4 is 15.9 Å². The van der Waals surface area contributed by atoms with E-state index >= 15 is 0 Å². The molecule has 1 aromatic rings. The van der Waals surface area contributed by atoms with Gasteiger partial charge in [0.2, 0.25) is 0 Å². The van der Waals surface area contributed by atoms with E-state index in [0.29, 0.717) is 6.04 Å². The molecule has 0 saturated carbocycles. The van der Waals surface area contributed by atoms with Crippen molar-refractivity contribution in [2.24, 2.45) is 0 Å². The molecular formula is C14H18BrNO2. The summed E-state index contributed by atoms with van der Waals surface area (Å²) in [5.41, 5.74) is 1.31. The maximum atomic E-state index is 5.94. The molecule has 2 aliphatic heterocycles. The van der Waals surface area contributed by atoms with Crippen molar-refractivity contribution in [3.8, 4) is 5.75 Å². The highest BCUT2D eigenvalue weighted by Crippen LogP contribution is 2.31. The fourth-order valence-electron chi connectivity index (χ4n) is 2.60. The van der Waals surface area contributed by atoms with Gasteiger partial charge in [0, 0.05) is 36.7 Å². The van der Waals surface area contributed by atoms with E-state index in [1.807, 2.05) is 12.1 Å². The van der Waals surface area contributed by atoms with Crippen molar-refractivity contribution < 1.29 is 9.47 Å². The molecule has 3 rings (SSSR count). The number of fused-ring (bicyclic) bond motifs is 1. The average Bonchev–Trinajstić information content (AvgIpc) is 2.79. The smallest absolute Gasteiger partial charge is 0.123 e. The van der Waals surface area contributed by atoms with E-state index in [0.717, 1.165) is 49.2 Å². The van der Waals surface area contributed by atoms with Crippen molar-refractivity contribution in [1.82, 2.24) is 5.32 Å². The van der Waals surface area contributed by atoms with Crippen molar-refractivity contribution in [2.75, 3.05) is 19.8 Å². The summed E-state index contributed by atoms with van der Waals surface area (Å²) in [6, 6.07) is 6.84. The van der Waals surface area contributed by atoms with Crippen LogP contribution in [0.15, 0.2) is 22.7 Å². The third kappa shape index (κ3) is 2.87. The minimum Gasteiger partial charge on any atom is -0.488 e. The Hall–Kier alpha value is -0.580. The first-order chi connectivity index (χ1) is 8.81. The zero-order chi connectivity index (χ0) is 12.4. The van der Waals surface area contributed by atoms with Crippen LogP contribution in [0.2, 0.25) is 0 Å². The fourth-order valence-corrected chi connectivity index (χ4v) is 3.01. The van der Waals surface area contributed by atoms with Crippen molar-refractivity contribution in [3.05, 3.63) is 28.2 Å². The first kappa shape index (κ1) is 12.5. The van der Waals surface area contributed by atoms with Crippen molar-refractivity contribution in [2.45, 2.75) is 31.4 Å². The van der Waals surface area contributed by atoms with Gasteiger partial charge < -0.3 is 14.8 Å². The van der Waals surface area contributed by atoms with E-state index in [9.17, 15) is 0 Å². The van der Waals surface area contributed by atoms with Crippen LogP contribution >= 0.6 is 15.9 Å². The molecule has 0 amide bonds. The van der Waals surface area contributed by atoms with Gasteiger partial charge in [-0.2, -0.15) is 0 Å². The third-order valence-corrected chi connectivity index (χ3v) is 4.11. The van der Waals surface area contributed by atoms with E-state index in [1.165, 1.54) is 5.56 Å². The predicted octanol–water partition coefficient (Wildman–Crippen LogP) is 2.52. The van der Waals surface area contributed by atoms with Crippen LogP contribution in [-0.2, 0) is 11.2 Å². The van der Waals surface area contributed by atoms with Gasteiger partial charge >= 0.3 is 0 Å². The molecule has 1 unspecified atom stereocenters. The number of benzene rings is 1. The number of nitrogens with one attached hydrogen (secondary N) is 1. The number of hydrogen-bond acceptors (Lipinski definition) is 3. The van der Waals surface area contributed by atoms with E-state index in [4.69, 9.17) is 9.47 Å². The zero-order valence-corrected chi connectivity index (χ0v) is 11.9. The molecule has 18 heavy (non-hydrogen) atoms. The summed E-state index contributed by atoms with van der Waals surface area (Å²) in [7, 11) is 0. The van der Waals surface area contributed by atoms with Crippen LogP contribution in [-0.4, -0.2) is 31.9 Å². The quantitative estimate of drug-likeness (QED) is 0.930. The fraction of sp³-hybridized carbons (Fsp3) is 0.571. The second kappa shape index (κ2) is 5.59. The minimum atomic E-state index is 0.275. The topological polar surface area (TPSA) is 30.5 Å². The predicted molar refractivity (Wildman–Crippen MR) is 74.1 cm³/mol. The Balaban J connectivity index is 1.51. The lowest BCUT2D eigenvalue weighted by atomic mass is 10.1. The molecule has 1 atom stereocenters. The molecule has 4 heteroatoms. The number of hydrogen-bond donors (Lipinski definition) is 1. The van der Waals surface area contributed by atoms with Gasteiger partial charge in [-0.25, -0.2) is 0 Å². The lowest BCUT2D eigenvalue weighted by Gasteiger charge is -2.24. The van der Waals surface area contributed by atoms with Crippen molar-refractivity contribution in [1.29, 1.82) is 0 Å². The molecular weight excluding hydrogens is 294 g/mol. The van der Waals surface area contributed by atoms with Gasteiger partial charge in [0.15, 0.2) is 0 Å². The summed E-state index contributed by atoms with van der Waals surface area (Å²) in [6.45, 7) is 2.70.